The van der Waals surface area contributed by atoms with Gasteiger partial charge in [-0.3, -0.25) is 15.6 Å². The molecule has 0 fully saturated rings. The molecule has 6 nitrogen and oxygen atoms in total. The number of para-hydroxylation sites is 1. The van der Waals surface area contributed by atoms with Crippen LogP contribution in [0.1, 0.15) is 12.0 Å². The summed E-state index contributed by atoms with van der Waals surface area (Å²) in [6.07, 6.45) is 1.11. The fraction of sp³-hybridized carbons (Fsp3) is 0.333. The predicted octanol–water partition coefficient (Wildman–Crippen LogP) is 1.72. The van der Waals surface area contributed by atoms with Gasteiger partial charge in [-0.1, -0.05) is 18.2 Å². The van der Waals surface area contributed by atoms with Crippen LogP contribution < -0.4 is 5.50 Å². The Hall–Kier alpha value is -1.07. The minimum Gasteiger partial charge on any atom is -0.338 e. The summed E-state index contributed by atoms with van der Waals surface area (Å²) < 4.78 is 4.79. The van der Waals surface area contributed by atoms with Crippen LogP contribution in [-0.2, 0) is 10.9 Å². The lowest BCUT2D eigenvalue weighted by atomic mass is 10.1. The molecule has 0 bridgehead atoms. The zero-order valence-electron chi connectivity index (χ0n) is 8.57. The van der Waals surface area contributed by atoms with Crippen molar-refractivity contribution in [2.45, 2.75) is 12.8 Å². The minimum absolute atomic E-state index is 0.113. The van der Waals surface area contributed by atoms with Gasteiger partial charge in [0.25, 0.3) is 5.69 Å². The molecule has 0 aliphatic carbocycles. The Kier molecular flexibility index (Phi) is 5.28. The molecule has 1 rings (SSSR count). The molecule has 16 heavy (non-hydrogen) atoms. The van der Waals surface area contributed by atoms with E-state index in [2.05, 4.69) is 0 Å². The van der Waals surface area contributed by atoms with Crippen LogP contribution in [0.2, 0.25) is 0 Å². The highest BCUT2D eigenvalue weighted by Crippen LogP contribution is 2.22. The Morgan fingerprint density at radius 1 is 1.50 bits per heavy atom. The quantitative estimate of drug-likeness (QED) is 0.343. The summed E-state index contributed by atoms with van der Waals surface area (Å²) in [6, 6.07) is 6.57. The highest BCUT2D eigenvalue weighted by Gasteiger charge is 2.11. The minimum atomic E-state index is -1.83. The third-order valence-corrected chi connectivity index (χ3v) is 2.45. The molecule has 0 radical (unpaired) electrons. The van der Waals surface area contributed by atoms with Gasteiger partial charge in [0.2, 0.25) is 8.53 Å². The average molecular weight is 244 g/mol. The summed E-state index contributed by atoms with van der Waals surface area (Å²) in [5.74, 6) is 0. The van der Waals surface area contributed by atoms with Crippen molar-refractivity contribution in [1.82, 2.24) is 0 Å². The zero-order valence-corrected chi connectivity index (χ0v) is 9.47. The van der Waals surface area contributed by atoms with Crippen molar-refractivity contribution in [1.29, 1.82) is 0 Å². The molecular weight excluding hydrogens is 231 g/mol. The van der Waals surface area contributed by atoms with Crippen LogP contribution in [0.15, 0.2) is 24.3 Å². The second-order valence-corrected chi connectivity index (χ2v) is 3.99. The number of nitro groups is 1. The highest BCUT2D eigenvalue weighted by molar-refractivity contribution is 7.43. The largest absolute Gasteiger partial charge is 0.338 e. The summed E-state index contributed by atoms with van der Waals surface area (Å²) >= 11 is 0. The summed E-state index contributed by atoms with van der Waals surface area (Å²) in [7, 11) is -1.83. The van der Waals surface area contributed by atoms with Crippen molar-refractivity contribution in [3.05, 3.63) is 39.9 Å². The van der Waals surface area contributed by atoms with Gasteiger partial charge >= 0.3 is 0 Å². The van der Waals surface area contributed by atoms with Gasteiger partial charge in [0, 0.05) is 11.6 Å². The monoisotopic (exact) mass is 244 g/mol. The Bertz CT molecular complexity index is 359. The molecule has 1 atom stereocenters. The summed E-state index contributed by atoms with van der Waals surface area (Å²) in [5.41, 5.74) is 5.81. The number of nitro benzene ring substituents is 1. The molecule has 1 aromatic rings. The normalized spacial score (nSPS) is 12.4. The summed E-state index contributed by atoms with van der Waals surface area (Å²) in [4.78, 5) is 19.0. The van der Waals surface area contributed by atoms with Crippen LogP contribution >= 0.6 is 8.53 Å². The molecule has 1 aromatic carbocycles. The first kappa shape index (κ1) is 13.0. The summed E-state index contributed by atoms with van der Waals surface area (Å²) in [5, 5.41) is 10.7. The average Bonchev–Trinajstić information content (AvgIpc) is 2.24. The number of nitrogens with zero attached hydrogens (tertiary/aromatic N) is 1. The number of benzene rings is 1. The number of hydrogen-bond acceptors (Lipinski definition) is 5. The van der Waals surface area contributed by atoms with Crippen LogP contribution in [0, 0.1) is 10.1 Å². The van der Waals surface area contributed by atoms with E-state index in [9.17, 15) is 10.1 Å². The third kappa shape index (κ3) is 4.20. The van der Waals surface area contributed by atoms with Crippen molar-refractivity contribution < 1.29 is 14.3 Å². The van der Waals surface area contributed by atoms with Gasteiger partial charge in [0.15, 0.2) is 0 Å². The van der Waals surface area contributed by atoms with Crippen molar-refractivity contribution in [2.24, 2.45) is 5.50 Å². The molecule has 0 saturated carbocycles. The maximum atomic E-state index is 10.7. The van der Waals surface area contributed by atoms with Gasteiger partial charge in [-0.15, -0.1) is 0 Å². The van der Waals surface area contributed by atoms with E-state index in [-0.39, 0.29) is 5.69 Å². The molecule has 0 saturated heterocycles. The van der Waals surface area contributed by atoms with Crippen molar-refractivity contribution in [3.8, 4) is 0 Å². The molecule has 0 aliphatic heterocycles. The fourth-order valence-corrected chi connectivity index (χ4v) is 1.64. The van der Waals surface area contributed by atoms with Gasteiger partial charge < -0.3 is 9.42 Å². The van der Waals surface area contributed by atoms with Crippen molar-refractivity contribution in [2.75, 3.05) is 6.61 Å². The smallest absolute Gasteiger partial charge is 0.272 e. The molecule has 0 spiro atoms. The van der Waals surface area contributed by atoms with E-state index in [1.807, 2.05) is 0 Å². The van der Waals surface area contributed by atoms with Crippen LogP contribution in [0.4, 0.5) is 5.69 Å². The zero-order chi connectivity index (χ0) is 12.0. The number of rotatable bonds is 6. The molecule has 7 heteroatoms. The van der Waals surface area contributed by atoms with Gasteiger partial charge in [-0.25, -0.2) is 0 Å². The Morgan fingerprint density at radius 2 is 2.19 bits per heavy atom. The molecular formula is C9H13N2O4P. The first-order chi connectivity index (χ1) is 7.61. The Balaban J connectivity index is 2.50. The predicted molar refractivity (Wildman–Crippen MR) is 60.7 cm³/mol. The second-order valence-electron chi connectivity index (χ2n) is 3.13. The molecule has 0 aromatic heterocycles. The van der Waals surface area contributed by atoms with Gasteiger partial charge in [0.05, 0.1) is 11.5 Å². The third-order valence-electron chi connectivity index (χ3n) is 2.00. The molecule has 1 unspecified atom stereocenters. The Labute approximate surface area is 94.2 Å². The number of aryl methyl sites for hydroxylation is 1. The van der Waals surface area contributed by atoms with E-state index in [1.54, 1.807) is 18.2 Å². The van der Waals surface area contributed by atoms with E-state index in [1.165, 1.54) is 6.07 Å². The van der Waals surface area contributed by atoms with Crippen molar-refractivity contribution >= 4 is 14.2 Å². The van der Waals surface area contributed by atoms with Gasteiger partial charge in [-0.05, 0) is 12.8 Å². The standard InChI is InChI=1S/C9H13N2O4P/c10-16(14)15-7-3-5-8-4-1-2-6-9(8)11(12)13/h1-2,4,6,14H,3,5,7,10H2. The lowest BCUT2D eigenvalue weighted by Gasteiger charge is -2.05. The lowest BCUT2D eigenvalue weighted by Crippen LogP contribution is -1.99. The van der Waals surface area contributed by atoms with Gasteiger partial charge in [-0.2, -0.15) is 0 Å². The maximum absolute atomic E-state index is 10.7. The van der Waals surface area contributed by atoms with E-state index in [4.69, 9.17) is 14.9 Å². The molecule has 0 heterocycles. The second kappa shape index (κ2) is 6.50. The van der Waals surface area contributed by atoms with Crippen LogP contribution in [0.3, 0.4) is 0 Å². The maximum Gasteiger partial charge on any atom is 0.272 e. The molecule has 0 aliphatic rings. The van der Waals surface area contributed by atoms with E-state index in [0.29, 0.717) is 25.0 Å². The number of hydrogen-bond donors (Lipinski definition) is 2. The first-order valence-corrected chi connectivity index (χ1v) is 5.98. The van der Waals surface area contributed by atoms with E-state index < -0.39 is 13.4 Å². The summed E-state index contributed by atoms with van der Waals surface area (Å²) in [6.45, 7) is 0.296. The number of nitrogens with two attached hydrogens (primary N) is 1. The van der Waals surface area contributed by atoms with Crippen LogP contribution in [0.25, 0.3) is 0 Å². The highest BCUT2D eigenvalue weighted by atomic mass is 31.2. The Morgan fingerprint density at radius 3 is 2.81 bits per heavy atom. The topological polar surface area (TPSA) is 98.6 Å². The lowest BCUT2D eigenvalue weighted by molar-refractivity contribution is -0.385. The first-order valence-electron chi connectivity index (χ1n) is 4.70. The molecule has 88 valence electrons. The fourth-order valence-electron chi connectivity index (χ4n) is 1.32. The molecule has 3 N–H and O–H groups in total. The van der Waals surface area contributed by atoms with Crippen LogP contribution in [-0.4, -0.2) is 16.4 Å². The van der Waals surface area contributed by atoms with Gasteiger partial charge in [0.1, 0.15) is 0 Å². The van der Waals surface area contributed by atoms with Crippen LogP contribution in [0.5, 0.6) is 0 Å². The SMILES string of the molecule is NP(O)OCCCc1ccccc1[N+](=O)[O-]. The van der Waals surface area contributed by atoms with Crippen molar-refractivity contribution in [3.63, 3.8) is 0 Å². The van der Waals surface area contributed by atoms with E-state index in [0.717, 1.165) is 0 Å². The van der Waals surface area contributed by atoms with E-state index >= 15 is 0 Å². The molecule has 0 amide bonds.